The van der Waals surface area contributed by atoms with E-state index in [0.29, 0.717) is 11.4 Å². The molecular weight excluding hydrogens is 619 g/mol. The molecule has 0 bridgehead atoms. The van der Waals surface area contributed by atoms with Gasteiger partial charge in [-0.25, -0.2) is 10.3 Å². The highest BCUT2D eigenvalue weighted by atomic mass is 127. The third kappa shape index (κ3) is 7.47. The standard InChI is InChI=1S/C24H20BrIN2O6/c25-15-6-9-17(10-7-15)27-24(31)34-23(19-14-16(26)8-11-20(19)29)21(12-13-22(30)28-32)33-18-4-2-1-3-5-18/h1-14,21,23,29,32H,(H,27,31)(H,28,30)/b13-12+/t21-,23-/m1/s1. The topological polar surface area (TPSA) is 117 Å². The SMILES string of the molecule is O=C(/C=C/[C@@H](Oc1ccccc1)[C@H](OC(=O)Nc1ccc(Br)cc1)c1cc(I)ccc1O)NO. The summed E-state index contributed by atoms with van der Waals surface area (Å²) in [4.78, 5) is 24.5. The Morgan fingerprint density at radius 3 is 2.41 bits per heavy atom. The summed E-state index contributed by atoms with van der Waals surface area (Å²) >= 11 is 5.40. The lowest BCUT2D eigenvalue weighted by molar-refractivity contribution is -0.124. The third-order valence-corrected chi connectivity index (χ3v) is 5.68. The van der Waals surface area contributed by atoms with Crippen molar-refractivity contribution in [1.29, 1.82) is 0 Å². The van der Waals surface area contributed by atoms with Gasteiger partial charge in [-0.05, 0) is 83.3 Å². The molecule has 3 aromatic carbocycles. The predicted molar refractivity (Wildman–Crippen MR) is 138 cm³/mol. The van der Waals surface area contributed by atoms with Crippen LogP contribution in [0.3, 0.4) is 0 Å². The normalized spacial score (nSPS) is 12.6. The van der Waals surface area contributed by atoms with Crippen LogP contribution in [-0.4, -0.2) is 28.4 Å². The monoisotopic (exact) mass is 638 g/mol. The third-order valence-electron chi connectivity index (χ3n) is 4.48. The van der Waals surface area contributed by atoms with Crippen molar-refractivity contribution in [2.24, 2.45) is 0 Å². The quantitative estimate of drug-likeness (QED) is 0.111. The number of benzene rings is 3. The van der Waals surface area contributed by atoms with Crippen molar-refractivity contribution in [3.63, 3.8) is 0 Å². The molecule has 2 amide bonds. The van der Waals surface area contributed by atoms with Crippen molar-refractivity contribution in [2.45, 2.75) is 12.2 Å². The number of aromatic hydroxyl groups is 1. The lowest BCUT2D eigenvalue weighted by Crippen LogP contribution is -2.30. The number of rotatable bonds is 8. The molecule has 0 aliphatic heterocycles. The highest BCUT2D eigenvalue weighted by Gasteiger charge is 2.30. The Morgan fingerprint density at radius 1 is 1.03 bits per heavy atom. The highest BCUT2D eigenvalue weighted by Crippen LogP contribution is 2.34. The van der Waals surface area contributed by atoms with Gasteiger partial charge in [-0.3, -0.25) is 15.3 Å². The first-order valence-corrected chi connectivity index (χ1v) is 11.8. The molecule has 10 heteroatoms. The Balaban J connectivity index is 1.97. The van der Waals surface area contributed by atoms with E-state index < -0.39 is 24.2 Å². The maximum atomic E-state index is 12.8. The van der Waals surface area contributed by atoms with Gasteiger partial charge in [-0.2, -0.15) is 0 Å². The van der Waals surface area contributed by atoms with Gasteiger partial charge >= 0.3 is 6.09 Å². The smallest absolute Gasteiger partial charge is 0.412 e. The largest absolute Gasteiger partial charge is 0.508 e. The summed E-state index contributed by atoms with van der Waals surface area (Å²) in [7, 11) is 0. The molecular formula is C24H20BrIN2O6. The Labute approximate surface area is 217 Å². The lowest BCUT2D eigenvalue weighted by Gasteiger charge is -2.27. The molecule has 34 heavy (non-hydrogen) atoms. The predicted octanol–water partition coefficient (Wildman–Crippen LogP) is 5.56. The molecule has 0 spiro atoms. The van der Waals surface area contributed by atoms with Crippen LogP contribution in [0.15, 0.2) is 89.4 Å². The second-order valence-corrected chi connectivity index (χ2v) is 9.05. The van der Waals surface area contributed by atoms with Gasteiger partial charge in [0.15, 0.2) is 12.2 Å². The van der Waals surface area contributed by atoms with Crippen LogP contribution < -0.4 is 15.5 Å². The van der Waals surface area contributed by atoms with E-state index >= 15 is 0 Å². The van der Waals surface area contributed by atoms with Crippen LogP contribution >= 0.6 is 38.5 Å². The van der Waals surface area contributed by atoms with Crippen LogP contribution in [-0.2, 0) is 9.53 Å². The van der Waals surface area contributed by atoms with E-state index in [9.17, 15) is 14.7 Å². The first-order chi connectivity index (χ1) is 16.4. The van der Waals surface area contributed by atoms with E-state index in [1.165, 1.54) is 17.6 Å². The van der Waals surface area contributed by atoms with Crippen LogP contribution in [0, 0.1) is 3.57 Å². The number of ether oxygens (including phenoxy) is 2. The van der Waals surface area contributed by atoms with Crippen molar-refractivity contribution >= 4 is 56.2 Å². The summed E-state index contributed by atoms with van der Waals surface area (Å²) in [6.07, 6.45) is -0.628. The molecule has 8 nitrogen and oxygen atoms in total. The molecule has 3 aromatic rings. The number of hydrogen-bond donors (Lipinski definition) is 4. The van der Waals surface area contributed by atoms with Crippen molar-refractivity contribution in [3.8, 4) is 11.5 Å². The second-order valence-electron chi connectivity index (χ2n) is 6.89. The average molecular weight is 639 g/mol. The van der Waals surface area contributed by atoms with Gasteiger partial charge in [0.05, 0.1) is 0 Å². The lowest BCUT2D eigenvalue weighted by atomic mass is 10.0. The Hall–Kier alpha value is -3.09. The summed E-state index contributed by atoms with van der Waals surface area (Å²) in [6.45, 7) is 0. The zero-order chi connectivity index (χ0) is 24.5. The summed E-state index contributed by atoms with van der Waals surface area (Å²) in [6, 6.07) is 20.4. The van der Waals surface area contributed by atoms with Gasteiger partial charge in [0.25, 0.3) is 5.91 Å². The zero-order valence-electron chi connectivity index (χ0n) is 17.5. The fourth-order valence-electron chi connectivity index (χ4n) is 2.93. The van der Waals surface area contributed by atoms with Gasteiger partial charge in [0, 0.05) is 25.4 Å². The molecule has 0 aliphatic rings. The van der Waals surface area contributed by atoms with Gasteiger partial charge in [-0.15, -0.1) is 0 Å². The first kappa shape index (κ1) is 25.5. The molecule has 2 atom stereocenters. The van der Waals surface area contributed by atoms with E-state index in [1.807, 2.05) is 6.07 Å². The number of halogens is 2. The number of hydroxylamine groups is 1. The first-order valence-electron chi connectivity index (χ1n) is 9.91. The van der Waals surface area contributed by atoms with E-state index in [2.05, 4.69) is 43.8 Å². The minimum atomic E-state index is -1.16. The van der Waals surface area contributed by atoms with E-state index in [0.717, 1.165) is 14.1 Å². The molecule has 0 saturated heterocycles. The Bertz CT molecular complexity index is 1160. The number of phenolic OH excluding ortho intramolecular Hbond substituents is 1. The number of anilines is 1. The van der Waals surface area contributed by atoms with Crippen molar-refractivity contribution in [3.05, 3.63) is 98.6 Å². The van der Waals surface area contributed by atoms with Crippen LogP contribution in [0.1, 0.15) is 11.7 Å². The summed E-state index contributed by atoms with van der Waals surface area (Å²) in [5.41, 5.74) is 2.27. The fourth-order valence-corrected chi connectivity index (χ4v) is 3.71. The summed E-state index contributed by atoms with van der Waals surface area (Å²) in [5, 5.41) is 22.1. The number of hydrogen-bond acceptors (Lipinski definition) is 6. The van der Waals surface area contributed by atoms with E-state index in [4.69, 9.17) is 14.7 Å². The fraction of sp³-hybridized carbons (Fsp3) is 0.0833. The second kappa shape index (κ2) is 12.4. The van der Waals surface area contributed by atoms with E-state index in [1.54, 1.807) is 60.7 Å². The van der Waals surface area contributed by atoms with E-state index in [-0.39, 0.29) is 11.3 Å². The van der Waals surface area contributed by atoms with Crippen LogP contribution in [0.2, 0.25) is 0 Å². The summed E-state index contributed by atoms with van der Waals surface area (Å²) in [5.74, 6) is -0.483. The van der Waals surface area contributed by atoms with Crippen molar-refractivity contribution < 1.29 is 29.4 Å². The molecule has 0 aliphatic carbocycles. The van der Waals surface area contributed by atoms with Crippen LogP contribution in [0.5, 0.6) is 11.5 Å². The van der Waals surface area contributed by atoms with Crippen molar-refractivity contribution in [2.75, 3.05) is 5.32 Å². The molecule has 4 N–H and O–H groups in total. The number of carbonyl (C=O) groups excluding carboxylic acids is 2. The number of para-hydroxylation sites is 1. The molecule has 0 fully saturated rings. The Kier molecular flexibility index (Phi) is 9.31. The van der Waals surface area contributed by atoms with Gasteiger partial charge in [0.1, 0.15) is 11.5 Å². The molecule has 0 saturated carbocycles. The molecule has 0 radical (unpaired) electrons. The maximum Gasteiger partial charge on any atom is 0.412 e. The number of carbonyl (C=O) groups is 2. The van der Waals surface area contributed by atoms with Gasteiger partial charge in [-0.1, -0.05) is 34.1 Å². The zero-order valence-corrected chi connectivity index (χ0v) is 21.3. The minimum absolute atomic E-state index is 0.122. The molecule has 0 heterocycles. The molecule has 3 rings (SSSR count). The number of nitrogens with one attached hydrogen (secondary N) is 2. The number of phenols is 1. The minimum Gasteiger partial charge on any atom is -0.508 e. The summed E-state index contributed by atoms with van der Waals surface area (Å²) < 4.78 is 13.4. The maximum absolute atomic E-state index is 12.8. The van der Waals surface area contributed by atoms with Crippen LogP contribution in [0.4, 0.5) is 10.5 Å². The molecule has 176 valence electrons. The average Bonchev–Trinajstić information content (AvgIpc) is 2.84. The van der Waals surface area contributed by atoms with Gasteiger partial charge < -0.3 is 14.6 Å². The molecule has 0 aromatic heterocycles. The number of amides is 2. The Morgan fingerprint density at radius 2 is 1.74 bits per heavy atom. The molecule has 0 unspecified atom stereocenters. The highest BCUT2D eigenvalue weighted by molar-refractivity contribution is 14.1. The van der Waals surface area contributed by atoms with Crippen LogP contribution in [0.25, 0.3) is 0 Å². The van der Waals surface area contributed by atoms with Crippen molar-refractivity contribution in [1.82, 2.24) is 5.48 Å². The van der Waals surface area contributed by atoms with Gasteiger partial charge in [0.2, 0.25) is 0 Å².